The van der Waals surface area contributed by atoms with Crippen molar-refractivity contribution in [3.63, 3.8) is 0 Å². The van der Waals surface area contributed by atoms with E-state index in [2.05, 4.69) is 15.3 Å². The second kappa shape index (κ2) is 57.1. The highest BCUT2D eigenvalue weighted by atomic mass is 16.5. The molecule has 8 fully saturated rings. The van der Waals surface area contributed by atoms with Gasteiger partial charge in [-0.15, -0.1) is 0 Å². The second-order valence-corrected chi connectivity index (χ2v) is 37.2. The molecule has 146 heavy (non-hydrogen) atoms. The molecule has 8 aliphatic carbocycles. The Bertz CT molecular complexity index is 8200. The number of aliphatic hydroxyl groups is 8. The molecule has 16 rings (SSSR count). The van der Waals surface area contributed by atoms with Gasteiger partial charge in [-0.2, -0.15) is 0 Å². The van der Waals surface area contributed by atoms with Crippen molar-refractivity contribution in [3.8, 4) is 46.0 Å². The fourth-order valence-corrected chi connectivity index (χ4v) is 18.6. The average molecular weight is 2100 g/mol. The van der Waals surface area contributed by atoms with Gasteiger partial charge in [0.15, 0.2) is 0 Å². The molecule has 8 aliphatic rings. The third kappa shape index (κ3) is 34.3. The van der Waals surface area contributed by atoms with Gasteiger partial charge in [-0.1, -0.05) is 200 Å². The molecule has 24 nitrogen and oxygen atoms in total. The van der Waals surface area contributed by atoms with Gasteiger partial charge in [-0.05, 0) is 356 Å². The summed E-state index contributed by atoms with van der Waals surface area (Å²) in [5, 5.41) is 82.2. The van der Waals surface area contributed by atoms with Gasteiger partial charge in [-0.25, -0.2) is 0 Å². The number of phenols is 6. The molecule has 16 atom stereocenters. The molecule has 0 heterocycles. The van der Waals surface area contributed by atoms with Gasteiger partial charge in [0, 0.05) is 175 Å². The Kier molecular flexibility index (Phi) is 21.2. The normalized spacial score (nSPS) is 43.3. The summed E-state index contributed by atoms with van der Waals surface area (Å²) in [6.45, 7) is -35.8. The van der Waals surface area contributed by atoms with Crippen LogP contribution >= 0.6 is 0 Å². The predicted molar refractivity (Wildman–Crippen MR) is 590 cm³/mol. The molecule has 0 aromatic heterocycles. The first-order valence-corrected chi connectivity index (χ1v) is 48.1. The molecule has 0 radical (unpaired) electrons. The molecule has 0 unspecified atom stereocenters. The molecule has 0 spiro atoms. The summed E-state index contributed by atoms with van der Waals surface area (Å²) >= 11 is 0. The topological polar surface area (TPSA) is 328 Å². The SMILES string of the molecule is [2H]O[C@@]1(c2cccc(O)c2)C([2H])([2H])CCC[C@@]1([2H])CN(C([2H])([2H])[2H])C([2H])([2H])[2H].[2H]O[C@@]1(c2cccc(O)c2)C([2H])([2H])CCC[C@@]1([2H])CN(C)C.[2H]O[C@@]1(c2cccc(O)c2)C([2H])([2H])CCC[C@@]1([2H])CN(C)C([2H])([2H])[2H].[2H]O[C@@]1(c2cccc(OC([2H])([2H])[2H])c2)C([2H])([2H])CCC[C@@]1([2H])C([2H])([2H])N(C([2H])([2H])[2H])C([2H])([2H])[2H].[2H]O[C@@]1(c2cccc(OC([2H])([2H])[2H])c2)C([2H])([2H])CCC[C@@]1([2H])C([2H])([2H])N(C)C([2H])([2H])[2H].[2H]Oc1cccc([C@]2(O[2H])C([2H])([2H])CCC[C@@]2([2H])CN(C([2H])([2H])[2H])C([2H])([2H])[2H])c1.[2H]Oc1cccc([C@]2(O[2H])C([2H])([2H])CCC[C@@]2([2H])CN(C)C([2H])([2H])[2H])c1.[2H]Oc1cccc([C@]2(O[2H])C([2H])([2H])CCC[C@@]2([2H])CN(C)C)c1. The molecule has 8 aromatic carbocycles. The Morgan fingerprint density at radius 3 is 0.678 bits per heavy atom. The van der Waals surface area contributed by atoms with Gasteiger partial charge < -0.3 is 120 Å². The molecule has 0 saturated heterocycles. The summed E-state index contributed by atoms with van der Waals surface area (Å²) in [4.78, 5) is 5.89. The molecule has 0 bridgehead atoms. The van der Waals surface area contributed by atoms with Crippen LogP contribution in [0.1, 0.15) is 333 Å². The minimum absolute atomic E-state index is 0.00569. The van der Waals surface area contributed by atoms with Crippen LogP contribution in [0.5, 0.6) is 46.0 Å². The molecular weight excluding hydrogens is 1830 g/mol. The third-order valence-electron chi connectivity index (χ3n) is 25.3. The van der Waals surface area contributed by atoms with E-state index < -0.39 is 257 Å². The Morgan fingerprint density at radius 2 is 0.452 bits per heavy atom. The maximum atomic E-state index is 9.84. The zero-order valence-electron chi connectivity index (χ0n) is 155. The lowest BCUT2D eigenvalue weighted by atomic mass is 9.71. The molecule has 14 N–H and O–H groups in total. The van der Waals surface area contributed by atoms with E-state index in [4.69, 9.17) is 150 Å². The highest BCUT2D eigenvalue weighted by molar-refractivity contribution is 5.40. The van der Waals surface area contributed by atoms with Crippen molar-refractivity contribution in [2.75, 3.05) is 178 Å². The van der Waals surface area contributed by atoms with Crippen molar-refractivity contribution in [1.29, 1.82) is 15.7 Å². The molecule has 8 saturated carbocycles. The first-order valence-electron chi connectivity index (χ1n) is 83.1. The highest BCUT2D eigenvalue weighted by Gasteiger charge is 2.49. The summed E-state index contributed by atoms with van der Waals surface area (Å²) in [7, 11) is 5.16. The van der Waals surface area contributed by atoms with Crippen LogP contribution in [0.15, 0.2) is 194 Å². The summed E-state index contributed by atoms with van der Waals surface area (Å²) in [5.74, 6) is -16.6. The van der Waals surface area contributed by atoms with Crippen LogP contribution in [-0.4, -0.2) is 305 Å². The summed E-state index contributed by atoms with van der Waals surface area (Å²) < 4.78 is 583. The molecule has 0 aliphatic heterocycles. The van der Waals surface area contributed by atoms with Gasteiger partial charge >= 0.3 is 0 Å². The van der Waals surface area contributed by atoms with Gasteiger partial charge in [0.2, 0.25) is 11.4 Å². The summed E-state index contributed by atoms with van der Waals surface area (Å²) in [6.07, 6.45) is -15.6. The zero-order valence-corrected chi connectivity index (χ0v) is 83.4. The van der Waals surface area contributed by atoms with Crippen LogP contribution in [0.25, 0.3) is 0 Å². The number of hydrogen-bond donors (Lipinski definition) is 14. The Hall–Kier alpha value is -8.48. The minimum Gasteiger partial charge on any atom is -0.508 e. The van der Waals surface area contributed by atoms with Crippen molar-refractivity contribution in [1.82, 2.24) is 39.2 Å². The quantitative estimate of drug-likeness (QED) is 0.0172. The van der Waals surface area contributed by atoms with Gasteiger partial charge in [0.1, 0.15) is 46.0 Å². The number of phenolic OH excluding ortho intramolecular Hbond substituents is 6. The lowest BCUT2D eigenvalue weighted by Crippen LogP contribution is -2.43. The molecule has 24 heteroatoms. The number of rotatable bonds is 37. The van der Waals surface area contributed by atoms with Crippen LogP contribution in [-0.2, 0) is 44.8 Å². The fraction of sp³-hybridized carbons (Fsp3) is 0.607. The minimum atomic E-state index is -3.60. The number of aromatic hydroxyl groups is 6. The molecule has 812 valence electrons. The Balaban J connectivity index is 0.000000269. The van der Waals surface area contributed by atoms with E-state index >= 15 is 0 Å². The van der Waals surface area contributed by atoms with Gasteiger partial charge in [0.05, 0.1) is 67.1 Å². The zero-order chi connectivity index (χ0) is 167. The molecular formula is C122H188N8O16. The second-order valence-electron chi connectivity index (χ2n) is 37.2. The van der Waals surface area contributed by atoms with Crippen LogP contribution < -0.4 is 9.47 Å². The van der Waals surface area contributed by atoms with E-state index in [1.54, 1.807) is 30.3 Å². The van der Waals surface area contributed by atoms with Crippen molar-refractivity contribution in [2.45, 2.75) is 250 Å². The maximum Gasteiger partial charge on any atom is 0.293 e. The number of hydrogen-bond acceptors (Lipinski definition) is 24. The number of nitrogens with zero attached hydrogens (tertiary/aromatic N) is 8. The summed E-state index contributed by atoms with van der Waals surface area (Å²) in [5.41, 5.74) is -17.3. The lowest BCUT2D eigenvalue weighted by molar-refractivity contribution is -0.0621. The Morgan fingerprint density at radius 1 is 0.253 bits per heavy atom. The number of benzene rings is 8. The first kappa shape index (κ1) is 54.2. The van der Waals surface area contributed by atoms with E-state index in [-0.39, 0.29) is 225 Å². The third-order valence-corrected chi connectivity index (χ3v) is 25.3. The van der Waals surface area contributed by atoms with E-state index in [1.165, 1.54) is 154 Å². The Labute approximate surface area is 978 Å². The van der Waals surface area contributed by atoms with E-state index in [1.807, 2.05) is 38.0 Å². The van der Waals surface area contributed by atoms with Crippen LogP contribution in [0.2, 0.25) is 0 Å². The molecule has 0 amide bonds. The monoisotopic (exact) mass is 2090 g/mol. The van der Waals surface area contributed by atoms with E-state index in [9.17, 15) is 15.3 Å². The lowest BCUT2D eigenvalue weighted by Gasteiger charge is -2.41. The van der Waals surface area contributed by atoms with Crippen molar-refractivity contribution in [2.24, 2.45) is 47.2 Å². The van der Waals surface area contributed by atoms with Crippen LogP contribution in [0, 0.1) is 47.2 Å². The van der Waals surface area contributed by atoms with Crippen molar-refractivity contribution in [3.05, 3.63) is 239 Å². The fourth-order valence-electron chi connectivity index (χ4n) is 18.6. The largest absolute Gasteiger partial charge is 0.508 e. The van der Waals surface area contributed by atoms with Crippen molar-refractivity contribution < 1.29 is 165 Å². The highest BCUT2D eigenvalue weighted by Crippen LogP contribution is 2.51. The maximum absolute atomic E-state index is 9.84. The standard InChI is InChI=1S/2C16H25NO2.6C15H23NO2/c2*1-17(2)12-14-7-4-5-10-16(14,18)13-8-6-9-15(11-13)19-3;6*1-16(2)11-13-6-3-4-9-15(13,18)12-7-5-8-14(17)10-12/h2*6,8-9,11,14,18H,4-5,7,10,12H2,1-3H3;6*5,7-8,10,13,17-18H,3-4,6,9,11H2,1-2H3/t2*14-,16+;6*13-,15+/m00000000/s1/i1D3,2D3,3D3,10D2,12D2,14D,18D;1D3,3D3,10D2,12D2,14D,18D;2*1D3,2D3,9D2,13D,18D;2*1D3,9D2,13D,18D;2*9D2,13D,18D/hD3. The van der Waals surface area contributed by atoms with E-state index in [0.717, 1.165) is 41.1 Å². The van der Waals surface area contributed by atoms with Crippen LogP contribution in [0.3, 0.4) is 0 Å². The summed E-state index contributed by atoms with van der Waals surface area (Å²) in [6, 6.07) is 44.1. The van der Waals surface area contributed by atoms with Crippen molar-refractivity contribution >= 4 is 0 Å². The van der Waals surface area contributed by atoms with E-state index in [0.29, 0.717) is 54.6 Å². The smallest absolute Gasteiger partial charge is 0.293 e. The van der Waals surface area contributed by atoms with Crippen LogP contribution in [0.4, 0.5) is 0 Å². The predicted octanol–water partition coefficient (Wildman–Crippen LogP) is 19.3. The van der Waals surface area contributed by atoms with Gasteiger partial charge in [0.25, 0.3) is 4.29 Å². The number of methoxy groups -OCH3 is 2. The first-order chi connectivity index (χ1) is 98.9. The number of ether oxygens (including phenoxy) is 2. The van der Waals surface area contributed by atoms with Gasteiger partial charge in [-0.3, -0.25) is 0 Å². The molecule has 8 aromatic rings. The average Bonchev–Trinajstić information content (AvgIpc) is 0.676.